The minimum absolute atomic E-state index is 0. The van der Waals surface area contributed by atoms with Gasteiger partial charge >= 0.3 is 5.69 Å². The van der Waals surface area contributed by atoms with Crippen LogP contribution in [0.25, 0.3) is 0 Å². The van der Waals surface area contributed by atoms with Crippen molar-refractivity contribution in [2.75, 3.05) is 20.1 Å². The van der Waals surface area contributed by atoms with Crippen LogP contribution in [0.15, 0.2) is 35.1 Å². The molecule has 1 aliphatic rings. The lowest BCUT2D eigenvalue weighted by atomic mass is 9.97. The Kier molecular flexibility index (Phi) is 7.83. The Balaban J connectivity index is 0.00000280. The Hall–Kier alpha value is -2.12. The third-order valence-electron chi connectivity index (χ3n) is 5.29. The molecule has 28 heavy (non-hydrogen) atoms. The fourth-order valence-corrected chi connectivity index (χ4v) is 3.39. The van der Waals surface area contributed by atoms with Crippen LogP contribution in [0.1, 0.15) is 44.0 Å². The summed E-state index contributed by atoms with van der Waals surface area (Å²) in [6, 6.07) is 10.0. The Morgan fingerprint density at radius 3 is 2.50 bits per heavy atom. The van der Waals surface area contributed by atoms with E-state index in [2.05, 4.69) is 10.4 Å². The van der Waals surface area contributed by atoms with E-state index in [4.69, 9.17) is 0 Å². The van der Waals surface area contributed by atoms with Crippen molar-refractivity contribution in [3.63, 3.8) is 0 Å². The van der Waals surface area contributed by atoms with Crippen LogP contribution in [-0.4, -0.2) is 51.3 Å². The van der Waals surface area contributed by atoms with Gasteiger partial charge in [0, 0.05) is 19.0 Å². The van der Waals surface area contributed by atoms with Crippen molar-refractivity contribution in [1.82, 2.24) is 24.6 Å². The minimum atomic E-state index is -0.210. The number of carbonyl (C=O) groups is 1. The van der Waals surface area contributed by atoms with Crippen molar-refractivity contribution in [3.8, 4) is 0 Å². The summed E-state index contributed by atoms with van der Waals surface area (Å²) >= 11 is 0. The summed E-state index contributed by atoms with van der Waals surface area (Å²) in [5.41, 5.74) is 0.845. The molecule has 1 N–H and O–H groups in total. The van der Waals surface area contributed by atoms with E-state index >= 15 is 0 Å². The Labute approximate surface area is 172 Å². The molecule has 0 aliphatic carbocycles. The monoisotopic (exact) mass is 407 g/mol. The molecule has 0 radical (unpaired) electrons. The number of carbonyl (C=O) groups excluding carboxylic acids is 1. The van der Waals surface area contributed by atoms with E-state index in [1.165, 1.54) is 4.68 Å². The summed E-state index contributed by atoms with van der Waals surface area (Å²) < 4.78 is 3.08. The van der Waals surface area contributed by atoms with E-state index < -0.39 is 0 Å². The molecule has 1 fully saturated rings. The molecule has 8 heteroatoms. The summed E-state index contributed by atoms with van der Waals surface area (Å²) in [7, 11) is 1.76. The van der Waals surface area contributed by atoms with Crippen LogP contribution in [0, 0.1) is 0 Å². The number of aromatic nitrogens is 3. The van der Waals surface area contributed by atoms with E-state index in [-0.39, 0.29) is 42.5 Å². The van der Waals surface area contributed by atoms with Crippen LogP contribution in [0.4, 0.5) is 0 Å². The summed E-state index contributed by atoms with van der Waals surface area (Å²) in [5.74, 6) is 0.931. The normalized spacial score (nSPS) is 14.7. The van der Waals surface area contributed by atoms with Crippen molar-refractivity contribution >= 4 is 18.3 Å². The van der Waals surface area contributed by atoms with Crippen LogP contribution in [0.5, 0.6) is 0 Å². The number of nitrogens with one attached hydrogen (secondary N) is 1. The lowest BCUT2D eigenvalue weighted by Gasteiger charge is -2.22. The molecule has 1 aromatic carbocycles. The molecule has 2 aromatic rings. The summed E-state index contributed by atoms with van der Waals surface area (Å²) in [6.07, 6.45) is 1.90. The highest BCUT2D eigenvalue weighted by molar-refractivity contribution is 5.85. The largest absolute Gasteiger partial charge is 0.346 e. The number of rotatable bonds is 6. The maximum atomic E-state index is 13.0. The van der Waals surface area contributed by atoms with Gasteiger partial charge in [-0.3, -0.25) is 9.36 Å². The first-order chi connectivity index (χ1) is 13.0. The zero-order chi connectivity index (χ0) is 19.4. The van der Waals surface area contributed by atoms with Gasteiger partial charge in [0.2, 0.25) is 5.91 Å². The molecule has 1 aliphatic heterocycles. The first kappa shape index (κ1) is 22.2. The molecule has 1 amide bonds. The van der Waals surface area contributed by atoms with Gasteiger partial charge in [0.25, 0.3) is 0 Å². The predicted octanol–water partition coefficient (Wildman–Crippen LogP) is 1.85. The predicted molar refractivity (Wildman–Crippen MR) is 112 cm³/mol. The van der Waals surface area contributed by atoms with Crippen molar-refractivity contribution in [2.24, 2.45) is 0 Å². The molecule has 0 atom stereocenters. The Morgan fingerprint density at radius 2 is 1.89 bits per heavy atom. The van der Waals surface area contributed by atoms with Crippen LogP contribution < -0.4 is 11.0 Å². The third-order valence-corrected chi connectivity index (χ3v) is 5.29. The molecular formula is C20H30ClN5O2. The summed E-state index contributed by atoms with van der Waals surface area (Å²) in [4.78, 5) is 27.2. The van der Waals surface area contributed by atoms with Crippen LogP contribution in [0.3, 0.4) is 0 Å². The smallest absolute Gasteiger partial charge is 0.342 e. The van der Waals surface area contributed by atoms with E-state index in [9.17, 15) is 9.59 Å². The average molecular weight is 408 g/mol. The molecule has 0 saturated carbocycles. The van der Waals surface area contributed by atoms with Gasteiger partial charge in [0.15, 0.2) is 0 Å². The van der Waals surface area contributed by atoms with Gasteiger partial charge in [0.05, 0.1) is 6.54 Å². The van der Waals surface area contributed by atoms with Gasteiger partial charge in [-0.25, -0.2) is 9.48 Å². The second kappa shape index (κ2) is 9.89. The second-order valence-electron chi connectivity index (χ2n) is 7.49. The van der Waals surface area contributed by atoms with E-state index in [1.54, 1.807) is 16.5 Å². The summed E-state index contributed by atoms with van der Waals surface area (Å²) in [5, 5.41) is 7.96. The highest BCUT2D eigenvalue weighted by atomic mass is 35.5. The van der Waals surface area contributed by atoms with Gasteiger partial charge in [-0.15, -0.1) is 12.4 Å². The average Bonchev–Trinajstić information content (AvgIpc) is 2.98. The number of halogens is 1. The van der Waals surface area contributed by atoms with E-state index in [0.29, 0.717) is 6.54 Å². The molecule has 0 bridgehead atoms. The molecule has 154 valence electrons. The number of amides is 1. The molecule has 7 nitrogen and oxygen atoms in total. The molecule has 1 aromatic heterocycles. The fourth-order valence-electron chi connectivity index (χ4n) is 3.39. The number of piperidine rings is 1. The molecule has 1 saturated heterocycles. The minimum Gasteiger partial charge on any atom is -0.342 e. The Bertz CT molecular complexity index is 825. The topological polar surface area (TPSA) is 72.2 Å². The number of hydrogen-bond donors (Lipinski definition) is 1. The standard InChI is InChI=1S/C20H29N5O2.ClH/c1-15(2)23(3)18(26)14-25-20(27)24(13-16-7-5-4-6-8-16)19(22-25)17-9-11-21-12-10-17;/h4-8,15,17,21H,9-14H2,1-3H3;1H. The van der Waals surface area contributed by atoms with Crippen LogP contribution >= 0.6 is 12.4 Å². The Morgan fingerprint density at radius 1 is 1.25 bits per heavy atom. The molecule has 0 unspecified atom stereocenters. The number of benzene rings is 1. The number of nitrogens with zero attached hydrogens (tertiary/aromatic N) is 4. The van der Waals surface area contributed by atoms with E-state index in [0.717, 1.165) is 37.3 Å². The molecule has 3 rings (SSSR count). The lowest BCUT2D eigenvalue weighted by Crippen LogP contribution is -2.38. The number of likely N-dealkylation sites (N-methyl/N-ethyl adjacent to an activating group) is 1. The quantitative estimate of drug-likeness (QED) is 0.793. The van der Waals surface area contributed by atoms with Gasteiger partial charge < -0.3 is 10.2 Å². The maximum Gasteiger partial charge on any atom is 0.346 e. The van der Waals surface area contributed by atoms with E-state index in [1.807, 2.05) is 44.2 Å². The highest BCUT2D eigenvalue weighted by Gasteiger charge is 2.25. The van der Waals surface area contributed by atoms with Crippen LogP contribution in [0.2, 0.25) is 0 Å². The van der Waals surface area contributed by atoms with Crippen molar-refractivity contribution in [2.45, 2.75) is 51.7 Å². The fraction of sp³-hybridized carbons (Fsp3) is 0.550. The summed E-state index contributed by atoms with van der Waals surface area (Å²) in [6.45, 7) is 6.21. The van der Waals surface area contributed by atoms with Gasteiger partial charge in [0.1, 0.15) is 12.4 Å². The lowest BCUT2D eigenvalue weighted by molar-refractivity contribution is -0.132. The zero-order valence-corrected chi connectivity index (χ0v) is 17.6. The highest BCUT2D eigenvalue weighted by Crippen LogP contribution is 2.23. The molecule has 2 heterocycles. The molecular weight excluding hydrogens is 378 g/mol. The number of hydrogen-bond acceptors (Lipinski definition) is 4. The maximum absolute atomic E-state index is 13.0. The van der Waals surface area contributed by atoms with Crippen molar-refractivity contribution in [1.29, 1.82) is 0 Å². The SMILES string of the molecule is CC(C)N(C)C(=O)Cn1nc(C2CCNCC2)n(Cc2ccccc2)c1=O.Cl. The van der Waals surface area contributed by atoms with Crippen molar-refractivity contribution < 1.29 is 4.79 Å². The van der Waals surface area contributed by atoms with Gasteiger partial charge in [-0.1, -0.05) is 30.3 Å². The first-order valence-corrected chi connectivity index (χ1v) is 9.65. The molecule has 0 spiro atoms. The van der Waals surface area contributed by atoms with Crippen molar-refractivity contribution in [3.05, 3.63) is 52.2 Å². The van der Waals surface area contributed by atoms with Gasteiger partial charge in [-0.05, 0) is 45.3 Å². The zero-order valence-electron chi connectivity index (χ0n) is 16.8. The first-order valence-electron chi connectivity index (χ1n) is 9.65. The second-order valence-corrected chi connectivity index (χ2v) is 7.49. The third kappa shape index (κ3) is 5.02. The van der Waals surface area contributed by atoms with Gasteiger partial charge in [-0.2, -0.15) is 5.10 Å². The van der Waals surface area contributed by atoms with Crippen LogP contribution in [-0.2, 0) is 17.9 Å².